The largest absolute Gasteiger partial charge is 0.493 e. The highest BCUT2D eigenvalue weighted by atomic mass is 19.2. The second kappa shape index (κ2) is 6.52. The van der Waals surface area contributed by atoms with Crippen LogP contribution in [-0.4, -0.2) is 24.2 Å². The van der Waals surface area contributed by atoms with Crippen molar-refractivity contribution in [2.75, 3.05) is 13.2 Å². The van der Waals surface area contributed by atoms with Crippen molar-refractivity contribution in [3.8, 4) is 5.75 Å². The summed E-state index contributed by atoms with van der Waals surface area (Å²) in [6.45, 7) is -0.0435. The van der Waals surface area contributed by atoms with Crippen LogP contribution in [0, 0.1) is 17.5 Å². The van der Waals surface area contributed by atoms with E-state index in [1.165, 1.54) is 0 Å². The van der Waals surface area contributed by atoms with Crippen LogP contribution in [0.1, 0.15) is 27.5 Å². The summed E-state index contributed by atoms with van der Waals surface area (Å²) in [7, 11) is 0. The SMILES string of the molecule is O=C(NC(CO)c1cc(F)c(F)c(F)c1)c1ccc2c(c1)CCO2. The fourth-order valence-electron chi connectivity index (χ4n) is 2.58. The molecule has 1 atom stereocenters. The Morgan fingerprint density at radius 3 is 2.58 bits per heavy atom. The number of benzene rings is 2. The Hall–Kier alpha value is -2.54. The average Bonchev–Trinajstić information content (AvgIpc) is 3.04. The summed E-state index contributed by atoms with van der Waals surface area (Å²) in [5.74, 6) is -4.16. The molecule has 1 unspecified atom stereocenters. The molecule has 0 radical (unpaired) electrons. The topological polar surface area (TPSA) is 58.6 Å². The Kier molecular flexibility index (Phi) is 4.44. The van der Waals surface area contributed by atoms with Crippen LogP contribution >= 0.6 is 0 Å². The van der Waals surface area contributed by atoms with Crippen molar-refractivity contribution in [1.29, 1.82) is 0 Å². The van der Waals surface area contributed by atoms with Crippen molar-refractivity contribution in [3.63, 3.8) is 0 Å². The third-order valence-corrected chi connectivity index (χ3v) is 3.85. The fourth-order valence-corrected chi connectivity index (χ4v) is 2.58. The molecule has 7 heteroatoms. The monoisotopic (exact) mass is 337 g/mol. The molecule has 0 bridgehead atoms. The number of carbonyl (C=O) groups is 1. The van der Waals surface area contributed by atoms with E-state index in [1.54, 1.807) is 18.2 Å². The zero-order valence-electron chi connectivity index (χ0n) is 12.5. The van der Waals surface area contributed by atoms with Gasteiger partial charge in [0.05, 0.1) is 19.3 Å². The molecule has 1 heterocycles. The first kappa shape index (κ1) is 16.3. The van der Waals surface area contributed by atoms with E-state index in [9.17, 15) is 23.1 Å². The number of hydrogen-bond acceptors (Lipinski definition) is 3. The Labute approximate surface area is 135 Å². The van der Waals surface area contributed by atoms with E-state index in [4.69, 9.17) is 4.74 Å². The third kappa shape index (κ3) is 3.07. The summed E-state index contributed by atoms with van der Waals surface area (Å²) in [6, 6.07) is 5.32. The molecule has 0 spiro atoms. The molecule has 1 amide bonds. The van der Waals surface area contributed by atoms with E-state index < -0.39 is 36.0 Å². The van der Waals surface area contributed by atoms with Gasteiger partial charge in [-0.05, 0) is 41.5 Å². The number of aliphatic hydroxyl groups excluding tert-OH is 1. The first-order valence-corrected chi connectivity index (χ1v) is 7.31. The molecule has 0 fully saturated rings. The van der Waals surface area contributed by atoms with E-state index >= 15 is 0 Å². The Morgan fingerprint density at radius 1 is 1.21 bits per heavy atom. The second-order valence-corrected chi connectivity index (χ2v) is 5.43. The van der Waals surface area contributed by atoms with Crippen LogP contribution in [0.15, 0.2) is 30.3 Å². The minimum Gasteiger partial charge on any atom is -0.493 e. The summed E-state index contributed by atoms with van der Waals surface area (Å²) in [5.41, 5.74) is 1.16. The van der Waals surface area contributed by atoms with E-state index in [0.29, 0.717) is 24.3 Å². The molecule has 126 valence electrons. The second-order valence-electron chi connectivity index (χ2n) is 5.43. The van der Waals surface area contributed by atoms with Crippen LogP contribution in [0.4, 0.5) is 13.2 Å². The van der Waals surface area contributed by atoms with Gasteiger partial charge in [-0.3, -0.25) is 4.79 Å². The average molecular weight is 337 g/mol. The summed E-state index contributed by atoms with van der Waals surface area (Å²) >= 11 is 0. The fraction of sp³-hybridized carbons (Fsp3) is 0.235. The van der Waals surface area contributed by atoms with Gasteiger partial charge in [-0.15, -0.1) is 0 Å². The lowest BCUT2D eigenvalue weighted by Gasteiger charge is -2.17. The molecular formula is C17H14F3NO3. The third-order valence-electron chi connectivity index (χ3n) is 3.85. The van der Waals surface area contributed by atoms with Gasteiger partial charge in [-0.25, -0.2) is 13.2 Å². The number of nitrogens with one attached hydrogen (secondary N) is 1. The standard InChI is InChI=1S/C17H14F3NO3/c18-12-6-11(7-13(19)16(12)20)14(8-22)21-17(23)10-1-2-15-9(5-10)3-4-24-15/h1-2,5-7,14,22H,3-4,8H2,(H,21,23). The van der Waals surface area contributed by atoms with Gasteiger partial charge in [0.15, 0.2) is 17.5 Å². The quantitative estimate of drug-likeness (QED) is 0.843. The van der Waals surface area contributed by atoms with E-state index in [-0.39, 0.29) is 5.56 Å². The molecule has 0 saturated heterocycles. The number of ether oxygens (including phenoxy) is 1. The lowest BCUT2D eigenvalue weighted by atomic mass is 10.0. The van der Waals surface area contributed by atoms with Crippen molar-refractivity contribution < 1.29 is 27.8 Å². The van der Waals surface area contributed by atoms with Gasteiger partial charge in [0.2, 0.25) is 0 Å². The molecule has 1 aliphatic rings. The highest BCUT2D eigenvalue weighted by molar-refractivity contribution is 5.95. The van der Waals surface area contributed by atoms with Gasteiger partial charge in [0, 0.05) is 12.0 Å². The zero-order valence-corrected chi connectivity index (χ0v) is 12.5. The molecule has 24 heavy (non-hydrogen) atoms. The van der Waals surface area contributed by atoms with Crippen LogP contribution in [0.5, 0.6) is 5.75 Å². The predicted molar refractivity (Wildman–Crippen MR) is 79.3 cm³/mol. The molecule has 2 aromatic carbocycles. The van der Waals surface area contributed by atoms with Crippen LogP contribution in [-0.2, 0) is 6.42 Å². The van der Waals surface area contributed by atoms with Gasteiger partial charge in [0.25, 0.3) is 5.91 Å². The lowest BCUT2D eigenvalue weighted by Crippen LogP contribution is -2.31. The first-order chi connectivity index (χ1) is 11.5. The molecule has 0 saturated carbocycles. The predicted octanol–water partition coefficient (Wildman–Crippen LogP) is 2.50. The van der Waals surface area contributed by atoms with Crippen molar-refractivity contribution in [3.05, 3.63) is 64.5 Å². The molecular weight excluding hydrogens is 323 g/mol. The highest BCUT2D eigenvalue weighted by Crippen LogP contribution is 2.26. The Morgan fingerprint density at radius 2 is 1.92 bits per heavy atom. The van der Waals surface area contributed by atoms with Crippen molar-refractivity contribution in [2.24, 2.45) is 0 Å². The molecule has 2 N–H and O–H groups in total. The molecule has 0 aromatic heterocycles. The van der Waals surface area contributed by atoms with Gasteiger partial charge >= 0.3 is 0 Å². The molecule has 0 aliphatic carbocycles. The van der Waals surface area contributed by atoms with Gasteiger partial charge in [-0.2, -0.15) is 0 Å². The Bertz CT molecular complexity index is 772. The van der Waals surface area contributed by atoms with Gasteiger partial charge < -0.3 is 15.2 Å². The maximum Gasteiger partial charge on any atom is 0.251 e. The van der Waals surface area contributed by atoms with Crippen LogP contribution < -0.4 is 10.1 Å². The molecule has 2 aromatic rings. The number of hydrogen-bond donors (Lipinski definition) is 2. The smallest absolute Gasteiger partial charge is 0.251 e. The lowest BCUT2D eigenvalue weighted by molar-refractivity contribution is 0.0915. The summed E-state index contributed by atoms with van der Waals surface area (Å²) < 4.78 is 45.0. The van der Waals surface area contributed by atoms with Crippen molar-refractivity contribution in [1.82, 2.24) is 5.32 Å². The zero-order chi connectivity index (χ0) is 17.3. The number of rotatable bonds is 4. The van der Waals surface area contributed by atoms with E-state index in [2.05, 4.69) is 5.32 Å². The van der Waals surface area contributed by atoms with Crippen LogP contribution in [0.2, 0.25) is 0 Å². The highest BCUT2D eigenvalue weighted by Gasteiger charge is 2.21. The van der Waals surface area contributed by atoms with Crippen LogP contribution in [0.3, 0.4) is 0 Å². The summed E-state index contributed by atoms with van der Waals surface area (Å²) in [6.07, 6.45) is 0.689. The molecule has 1 aliphatic heterocycles. The normalized spacial score (nSPS) is 14.0. The van der Waals surface area contributed by atoms with E-state index in [1.807, 2.05) is 0 Å². The summed E-state index contributed by atoms with van der Waals surface area (Å²) in [4.78, 5) is 12.3. The maximum absolute atomic E-state index is 13.3. The van der Waals surface area contributed by atoms with Crippen molar-refractivity contribution >= 4 is 5.91 Å². The van der Waals surface area contributed by atoms with Gasteiger partial charge in [0.1, 0.15) is 5.75 Å². The minimum atomic E-state index is -1.60. The molecule has 4 nitrogen and oxygen atoms in total. The number of aliphatic hydroxyl groups is 1. The number of fused-ring (bicyclic) bond motifs is 1. The van der Waals surface area contributed by atoms with Gasteiger partial charge in [-0.1, -0.05) is 0 Å². The summed E-state index contributed by atoms with van der Waals surface area (Å²) in [5, 5.41) is 11.9. The number of amides is 1. The maximum atomic E-state index is 13.3. The van der Waals surface area contributed by atoms with Crippen LogP contribution in [0.25, 0.3) is 0 Å². The minimum absolute atomic E-state index is 0.0632. The van der Waals surface area contributed by atoms with Crippen molar-refractivity contribution in [2.45, 2.75) is 12.5 Å². The number of carbonyl (C=O) groups excluding carboxylic acids is 1. The van der Waals surface area contributed by atoms with E-state index in [0.717, 1.165) is 17.7 Å². The Balaban J connectivity index is 1.81. The first-order valence-electron chi connectivity index (χ1n) is 7.31. The molecule has 3 rings (SSSR count). The number of halogens is 3.